The van der Waals surface area contributed by atoms with Crippen molar-refractivity contribution in [2.24, 2.45) is 0 Å². The zero-order valence-electron chi connectivity index (χ0n) is 14.6. The highest BCUT2D eigenvalue weighted by Crippen LogP contribution is 2.38. The van der Waals surface area contributed by atoms with E-state index in [0.717, 1.165) is 5.57 Å². The Morgan fingerprint density at radius 3 is 2.19 bits per heavy atom. The normalized spacial score (nSPS) is 14.8. The van der Waals surface area contributed by atoms with Crippen LogP contribution >= 0.6 is 0 Å². The summed E-state index contributed by atoms with van der Waals surface area (Å²) >= 11 is 0. The van der Waals surface area contributed by atoms with Gasteiger partial charge in [0.05, 0.1) is 6.61 Å². The maximum atomic E-state index is 12.0. The summed E-state index contributed by atoms with van der Waals surface area (Å²) in [5.41, 5.74) is 1.02. The van der Waals surface area contributed by atoms with Crippen LogP contribution in [0.3, 0.4) is 0 Å². The molecule has 0 radical (unpaired) electrons. The molecule has 4 nitrogen and oxygen atoms in total. The molecule has 0 unspecified atom stereocenters. The number of esters is 1. The van der Waals surface area contributed by atoms with E-state index in [0.29, 0.717) is 0 Å². The summed E-state index contributed by atoms with van der Waals surface area (Å²) in [5.74, 6) is -0.506. The van der Waals surface area contributed by atoms with Gasteiger partial charge in [0.2, 0.25) is 0 Å². The third-order valence-corrected chi connectivity index (χ3v) is 8.19. The molecule has 0 saturated carbocycles. The van der Waals surface area contributed by atoms with Crippen LogP contribution in [-0.2, 0) is 14.0 Å². The van der Waals surface area contributed by atoms with Crippen LogP contribution in [0, 0.1) is 6.57 Å². The fourth-order valence-corrected chi connectivity index (χ4v) is 2.75. The summed E-state index contributed by atoms with van der Waals surface area (Å²) in [6.07, 6.45) is 1.31. The van der Waals surface area contributed by atoms with E-state index >= 15 is 0 Å². The molecule has 5 heteroatoms. The molecule has 0 bridgehead atoms. The number of ether oxygens (including phenoxy) is 1. The van der Waals surface area contributed by atoms with E-state index in [1.807, 2.05) is 19.9 Å². The Labute approximate surface area is 130 Å². The minimum atomic E-state index is -2.08. The van der Waals surface area contributed by atoms with Gasteiger partial charge in [-0.1, -0.05) is 26.3 Å². The van der Waals surface area contributed by atoms with E-state index in [2.05, 4.69) is 38.7 Å². The van der Waals surface area contributed by atoms with E-state index in [9.17, 15) is 4.79 Å². The van der Waals surface area contributed by atoms with Gasteiger partial charge in [0.15, 0.2) is 14.4 Å². The van der Waals surface area contributed by atoms with Gasteiger partial charge in [-0.05, 0) is 45.0 Å². The first-order valence-corrected chi connectivity index (χ1v) is 10.2. The summed E-state index contributed by atoms with van der Waals surface area (Å²) in [5, 5.41) is 0.0158. The predicted octanol–water partition coefficient (Wildman–Crippen LogP) is 4.19. The molecule has 0 heterocycles. The van der Waals surface area contributed by atoms with Gasteiger partial charge < -0.3 is 9.16 Å². The fourth-order valence-electron chi connectivity index (χ4n) is 1.52. The monoisotopic (exact) mass is 311 g/mol. The maximum absolute atomic E-state index is 12.0. The van der Waals surface area contributed by atoms with Gasteiger partial charge in [0.1, 0.15) is 0 Å². The minimum absolute atomic E-state index is 0.0158. The van der Waals surface area contributed by atoms with Gasteiger partial charge in [0, 0.05) is 0 Å². The average molecular weight is 311 g/mol. The maximum Gasteiger partial charge on any atom is 0.393 e. The van der Waals surface area contributed by atoms with Crippen LogP contribution in [0.25, 0.3) is 4.85 Å². The van der Waals surface area contributed by atoms with E-state index in [1.165, 1.54) is 0 Å². The third-order valence-electron chi connectivity index (χ3n) is 3.71. The number of carbonyl (C=O) groups excluding carboxylic acids is 1. The highest BCUT2D eigenvalue weighted by molar-refractivity contribution is 6.74. The molecule has 0 aromatic carbocycles. The van der Waals surface area contributed by atoms with Crippen LogP contribution in [-0.4, -0.2) is 33.0 Å². The molecule has 0 aliphatic carbocycles. The summed E-state index contributed by atoms with van der Waals surface area (Å²) < 4.78 is 11.3. The summed E-state index contributed by atoms with van der Waals surface area (Å²) in [6, 6.07) is -0.936. The van der Waals surface area contributed by atoms with Crippen LogP contribution in [0.15, 0.2) is 11.6 Å². The molecule has 0 aliphatic rings. The van der Waals surface area contributed by atoms with Crippen molar-refractivity contribution in [1.29, 1.82) is 0 Å². The van der Waals surface area contributed by atoms with Crippen molar-refractivity contribution in [1.82, 2.24) is 0 Å². The third kappa shape index (κ3) is 6.02. The van der Waals surface area contributed by atoms with Crippen molar-refractivity contribution in [3.63, 3.8) is 0 Å². The summed E-state index contributed by atoms with van der Waals surface area (Å²) in [4.78, 5) is 15.5. The molecule has 0 spiro atoms. The number of hydrogen-bond acceptors (Lipinski definition) is 3. The molecule has 0 N–H and O–H groups in total. The first kappa shape index (κ1) is 19.9. The number of nitrogens with zero attached hydrogens (tertiary/aromatic N) is 1. The highest BCUT2D eigenvalue weighted by atomic mass is 28.4. The molecule has 21 heavy (non-hydrogen) atoms. The average Bonchev–Trinajstić information content (AvgIpc) is 2.26. The number of allylic oxidation sites excluding steroid dienone is 1. The molecular weight excluding hydrogens is 282 g/mol. The standard InChI is InChI=1S/C16H29NO3Si/c1-10-19-15(18)14(17-7)13(11-12(2)3)20-21(8,9)16(4,5)6/h11,13-14H,10H2,1-6,8-9H3/t13-,14+/m1/s1. The SMILES string of the molecule is [C-]#[N+][C@H](C(=O)OCC)[C@@H](C=C(C)C)O[Si](C)(C)C(C)(C)C. The molecule has 120 valence electrons. The molecule has 0 amide bonds. The van der Waals surface area contributed by atoms with Crippen LogP contribution in [0.4, 0.5) is 0 Å². The number of hydrogen-bond donors (Lipinski definition) is 0. The van der Waals surface area contributed by atoms with E-state index in [4.69, 9.17) is 15.7 Å². The van der Waals surface area contributed by atoms with E-state index in [-0.39, 0.29) is 11.6 Å². The van der Waals surface area contributed by atoms with Gasteiger partial charge in [-0.3, -0.25) is 4.85 Å². The Bertz CT molecular complexity index is 426. The van der Waals surface area contributed by atoms with Gasteiger partial charge in [-0.2, -0.15) is 0 Å². The molecule has 0 rings (SSSR count). The van der Waals surface area contributed by atoms with Crippen molar-refractivity contribution in [2.75, 3.05) is 6.61 Å². The van der Waals surface area contributed by atoms with Crippen molar-refractivity contribution in [3.05, 3.63) is 23.1 Å². The lowest BCUT2D eigenvalue weighted by atomic mass is 10.1. The smallest absolute Gasteiger partial charge is 0.393 e. The van der Waals surface area contributed by atoms with Crippen LogP contribution < -0.4 is 0 Å². The predicted molar refractivity (Wildman–Crippen MR) is 88.5 cm³/mol. The van der Waals surface area contributed by atoms with Gasteiger partial charge in [-0.25, -0.2) is 11.4 Å². The lowest BCUT2D eigenvalue weighted by molar-refractivity contribution is -0.145. The van der Waals surface area contributed by atoms with Crippen molar-refractivity contribution >= 4 is 14.3 Å². The van der Waals surface area contributed by atoms with Crippen LogP contribution in [0.5, 0.6) is 0 Å². The van der Waals surface area contributed by atoms with Gasteiger partial charge >= 0.3 is 12.0 Å². The van der Waals surface area contributed by atoms with Crippen molar-refractivity contribution in [2.45, 2.75) is 71.8 Å². The van der Waals surface area contributed by atoms with E-state index < -0.39 is 26.4 Å². The first-order chi connectivity index (χ1) is 9.46. The second-order valence-electron chi connectivity index (χ2n) is 6.91. The summed E-state index contributed by atoms with van der Waals surface area (Å²) in [6.45, 7) is 23.9. The second kappa shape index (κ2) is 7.76. The molecule has 0 saturated heterocycles. The second-order valence-corrected chi connectivity index (χ2v) is 11.7. The van der Waals surface area contributed by atoms with Crippen molar-refractivity contribution < 1.29 is 14.0 Å². The highest BCUT2D eigenvalue weighted by Gasteiger charge is 2.44. The Balaban J connectivity index is 5.45. The fraction of sp³-hybridized carbons (Fsp3) is 0.750. The number of carbonyl (C=O) groups is 1. The lowest BCUT2D eigenvalue weighted by Crippen LogP contribution is -2.47. The lowest BCUT2D eigenvalue weighted by Gasteiger charge is -2.38. The molecule has 0 aromatic heterocycles. The Kier molecular flexibility index (Phi) is 7.35. The van der Waals surface area contributed by atoms with Crippen LogP contribution in [0.1, 0.15) is 41.5 Å². The Morgan fingerprint density at radius 2 is 1.86 bits per heavy atom. The zero-order chi connectivity index (χ0) is 16.8. The molecule has 2 atom stereocenters. The number of rotatable bonds is 6. The molecule has 0 fully saturated rings. The topological polar surface area (TPSA) is 39.9 Å². The quantitative estimate of drug-likeness (QED) is 0.319. The molecular formula is C16H29NO3Si. The largest absolute Gasteiger partial charge is 0.460 e. The van der Waals surface area contributed by atoms with Gasteiger partial charge in [0.25, 0.3) is 0 Å². The van der Waals surface area contributed by atoms with E-state index in [1.54, 1.807) is 6.92 Å². The summed E-state index contributed by atoms with van der Waals surface area (Å²) in [7, 11) is -2.08. The van der Waals surface area contributed by atoms with Crippen molar-refractivity contribution in [3.8, 4) is 0 Å². The Hall–Kier alpha value is -1.12. The Morgan fingerprint density at radius 1 is 1.33 bits per heavy atom. The van der Waals surface area contributed by atoms with Crippen LogP contribution in [0.2, 0.25) is 18.1 Å². The first-order valence-electron chi connectivity index (χ1n) is 7.32. The molecule has 0 aromatic rings. The van der Waals surface area contributed by atoms with Gasteiger partial charge in [-0.15, -0.1) is 0 Å². The zero-order valence-corrected chi connectivity index (χ0v) is 15.6. The minimum Gasteiger partial charge on any atom is -0.460 e. The molecule has 0 aliphatic heterocycles.